The highest BCUT2D eigenvalue weighted by Crippen LogP contribution is 2.28. The third-order valence-corrected chi connectivity index (χ3v) is 4.10. The Bertz CT molecular complexity index is 1040. The minimum atomic E-state index is -0.685. The second kappa shape index (κ2) is 9.92. The highest BCUT2D eigenvalue weighted by Gasteiger charge is 2.17. The summed E-state index contributed by atoms with van der Waals surface area (Å²) < 4.78 is 15.7. The number of ether oxygens (including phenoxy) is 3. The summed E-state index contributed by atoms with van der Waals surface area (Å²) in [5.41, 5.74) is 1.32. The number of nitrogens with zero attached hydrogens (tertiary/aromatic N) is 1. The van der Waals surface area contributed by atoms with Crippen LogP contribution in [-0.2, 0) is 9.53 Å². The lowest BCUT2D eigenvalue weighted by atomic mass is 10.2. The Hall–Kier alpha value is -4.07. The number of esters is 1. The van der Waals surface area contributed by atoms with Crippen LogP contribution in [0, 0.1) is 0 Å². The van der Waals surface area contributed by atoms with Crippen molar-refractivity contribution in [3.05, 3.63) is 72.4 Å². The van der Waals surface area contributed by atoms with Gasteiger partial charge in [-0.1, -0.05) is 24.3 Å². The zero-order chi connectivity index (χ0) is 21.3. The molecule has 0 saturated heterocycles. The van der Waals surface area contributed by atoms with Crippen LogP contribution >= 0.6 is 0 Å². The lowest BCUT2D eigenvalue weighted by Crippen LogP contribution is -2.21. The maximum absolute atomic E-state index is 12.6. The molecular formula is C22H21N3O5. The summed E-state index contributed by atoms with van der Waals surface area (Å²) in [5, 5.41) is 5.71. The van der Waals surface area contributed by atoms with Gasteiger partial charge in [0.15, 0.2) is 6.61 Å². The topological polar surface area (TPSA) is 98.8 Å². The molecule has 8 heteroatoms. The van der Waals surface area contributed by atoms with Gasteiger partial charge >= 0.3 is 5.97 Å². The van der Waals surface area contributed by atoms with Crippen molar-refractivity contribution in [2.75, 3.05) is 31.5 Å². The first kappa shape index (κ1) is 20.7. The standard InChI is InChI=1S/C22H21N3O5/c1-28-18-11-5-3-9-16(18)24-20(26)14-30-22(27)15-8-7-13-23-21(15)25-17-10-4-6-12-19(17)29-2/h3-13H,14H2,1-2H3,(H,23,25)(H,24,26). The number of benzene rings is 2. The number of pyridine rings is 1. The lowest BCUT2D eigenvalue weighted by molar-refractivity contribution is -0.119. The molecule has 8 nitrogen and oxygen atoms in total. The fourth-order valence-electron chi connectivity index (χ4n) is 2.69. The van der Waals surface area contributed by atoms with Gasteiger partial charge in [-0.2, -0.15) is 0 Å². The van der Waals surface area contributed by atoms with Crippen molar-refractivity contribution in [2.45, 2.75) is 0 Å². The molecule has 0 unspecified atom stereocenters. The zero-order valence-electron chi connectivity index (χ0n) is 16.5. The van der Waals surface area contributed by atoms with Gasteiger partial charge in [0, 0.05) is 6.20 Å². The van der Waals surface area contributed by atoms with Crippen LogP contribution in [0.2, 0.25) is 0 Å². The van der Waals surface area contributed by atoms with Gasteiger partial charge in [0.25, 0.3) is 5.91 Å². The lowest BCUT2D eigenvalue weighted by Gasteiger charge is -2.13. The molecular weight excluding hydrogens is 386 g/mol. The molecule has 0 bridgehead atoms. The Morgan fingerprint density at radius 3 is 2.20 bits per heavy atom. The number of rotatable bonds is 8. The first-order valence-electron chi connectivity index (χ1n) is 9.07. The van der Waals surface area contributed by atoms with Gasteiger partial charge in [0.05, 0.1) is 25.6 Å². The first-order valence-corrected chi connectivity index (χ1v) is 9.07. The van der Waals surface area contributed by atoms with Crippen molar-refractivity contribution in [3.8, 4) is 11.5 Å². The second-order valence-electron chi connectivity index (χ2n) is 6.05. The number of hydrogen-bond donors (Lipinski definition) is 2. The van der Waals surface area contributed by atoms with E-state index >= 15 is 0 Å². The number of para-hydroxylation sites is 4. The van der Waals surface area contributed by atoms with Crippen LogP contribution in [0.25, 0.3) is 0 Å². The van der Waals surface area contributed by atoms with Gasteiger partial charge in [-0.3, -0.25) is 4.79 Å². The van der Waals surface area contributed by atoms with Crippen LogP contribution in [0.4, 0.5) is 17.2 Å². The average Bonchev–Trinajstić information content (AvgIpc) is 2.78. The van der Waals surface area contributed by atoms with Gasteiger partial charge in [-0.15, -0.1) is 0 Å². The smallest absolute Gasteiger partial charge is 0.342 e. The van der Waals surface area contributed by atoms with Gasteiger partial charge in [-0.05, 0) is 36.4 Å². The Kier molecular flexibility index (Phi) is 6.83. The second-order valence-corrected chi connectivity index (χ2v) is 6.05. The van der Waals surface area contributed by atoms with Crippen molar-refractivity contribution < 1.29 is 23.8 Å². The SMILES string of the molecule is COc1ccccc1NC(=O)COC(=O)c1cccnc1Nc1ccccc1OC. The van der Waals surface area contributed by atoms with Crippen molar-refractivity contribution in [3.63, 3.8) is 0 Å². The maximum Gasteiger partial charge on any atom is 0.342 e. The Morgan fingerprint density at radius 2 is 1.50 bits per heavy atom. The van der Waals surface area contributed by atoms with Crippen molar-refractivity contribution in [1.29, 1.82) is 0 Å². The molecule has 30 heavy (non-hydrogen) atoms. The normalized spacial score (nSPS) is 10.1. The monoisotopic (exact) mass is 407 g/mol. The molecule has 0 saturated carbocycles. The molecule has 3 rings (SSSR count). The number of carbonyl (C=O) groups excluding carboxylic acids is 2. The molecule has 1 amide bonds. The van der Waals surface area contributed by atoms with Gasteiger partial charge in [-0.25, -0.2) is 9.78 Å². The van der Waals surface area contributed by atoms with Crippen molar-refractivity contribution in [2.24, 2.45) is 0 Å². The van der Waals surface area contributed by atoms with E-state index in [1.165, 1.54) is 7.11 Å². The third-order valence-electron chi connectivity index (χ3n) is 4.10. The molecule has 2 N–H and O–H groups in total. The number of nitrogens with one attached hydrogen (secondary N) is 2. The number of methoxy groups -OCH3 is 2. The summed E-state index contributed by atoms with van der Waals surface area (Å²) in [6, 6.07) is 17.4. The number of carbonyl (C=O) groups is 2. The largest absolute Gasteiger partial charge is 0.495 e. The minimum Gasteiger partial charge on any atom is -0.495 e. The summed E-state index contributed by atoms with van der Waals surface area (Å²) in [6.45, 7) is -0.458. The molecule has 0 aliphatic heterocycles. The number of anilines is 3. The maximum atomic E-state index is 12.6. The van der Waals surface area contributed by atoms with E-state index in [1.807, 2.05) is 12.1 Å². The van der Waals surface area contributed by atoms with Gasteiger partial charge < -0.3 is 24.8 Å². The molecule has 2 aromatic carbocycles. The fourth-order valence-corrected chi connectivity index (χ4v) is 2.69. The molecule has 0 radical (unpaired) electrons. The molecule has 1 aromatic heterocycles. The van der Waals surface area contributed by atoms with E-state index in [0.29, 0.717) is 22.9 Å². The van der Waals surface area contributed by atoms with E-state index in [2.05, 4.69) is 15.6 Å². The zero-order valence-corrected chi connectivity index (χ0v) is 16.5. The summed E-state index contributed by atoms with van der Waals surface area (Å²) >= 11 is 0. The number of hydrogen-bond acceptors (Lipinski definition) is 7. The van der Waals surface area contributed by atoms with E-state index in [1.54, 1.807) is 61.8 Å². The van der Waals surface area contributed by atoms with Gasteiger partial charge in [0.2, 0.25) is 0 Å². The van der Waals surface area contributed by atoms with Crippen LogP contribution in [0.5, 0.6) is 11.5 Å². The van der Waals surface area contributed by atoms with E-state index in [-0.39, 0.29) is 11.4 Å². The third kappa shape index (κ3) is 5.05. The van der Waals surface area contributed by atoms with Crippen LogP contribution in [0.3, 0.4) is 0 Å². The summed E-state index contributed by atoms with van der Waals surface area (Å²) in [4.78, 5) is 28.9. The Labute approximate surface area is 173 Å². The van der Waals surface area contributed by atoms with Crippen molar-refractivity contribution >= 4 is 29.1 Å². The molecule has 0 atom stereocenters. The molecule has 0 aliphatic rings. The molecule has 3 aromatic rings. The van der Waals surface area contributed by atoms with Crippen LogP contribution in [-0.4, -0.2) is 37.7 Å². The average molecular weight is 407 g/mol. The van der Waals surface area contributed by atoms with E-state index < -0.39 is 18.5 Å². The highest BCUT2D eigenvalue weighted by molar-refractivity contribution is 5.98. The van der Waals surface area contributed by atoms with Crippen molar-refractivity contribution in [1.82, 2.24) is 4.98 Å². The van der Waals surface area contributed by atoms with E-state index in [9.17, 15) is 9.59 Å². The Balaban J connectivity index is 1.67. The minimum absolute atomic E-state index is 0.188. The Morgan fingerprint density at radius 1 is 0.867 bits per heavy atom. The number of aromatic nitrogens is 1. The molecule has 0 spiro atoms. The van der Waals surface area contributed by atoms with E-state index in [4.69, 9.17) is 14.2 Å². The summed E-state index contributed by atoms with van der Waals surface area (Å²) in [7, 11) is 3.05. The van der Waals surface area contributed by atoms with Crippen LogP contribution < -0.4 is 20.1 Å². The first-order chi connectivity index (χ1) is 14.6. The predicted molar refractivity (Wildman–Crippen MR) is 112 cm³/mol. The molecule has 154 valence electrons. The van der Waals surface area contributed by atoms with Crippen LogP contribution in [0.1, 0.15) is 10.4 Å². The quantitative estimate of drug-likeness (QED) is 0.550. The molecule has 0 fully saturated rings. The fraction of sp³-hybridized carbons (Fsp3) is 0.136. The summed E-state index contributed by atoms with van der Waals surface area (Å²) in [5.74, 6) is 0.218. The predicted octanol–water partition coefficient (Wildman–Crippen LogP) is 3.64. The number of amides is 1. The van der Waals surface area contributed by atoms with Gasteiger partial charge in [0.1, 0.15) is 22.9 Å². The molecule has 0 aliphatic carbocycles. The van der Waals surface area contributed by atoms with E-state index in [0.717, 1.165) is 0 Å². The van der Waals surface area contributed by atoms with Crippen LogP contribution in [0.15, 0.2) is 66.9 Å². The highest BCUT2D eigenvalue weighted by atomic mass is 16.5. The summed E-state index contributed by atoms with van der Waals surface area (Å²) in [6.07, 6.45) is 1.54. The molecule has 1 heterocycles.